The molecule has 1 atom stereocenters. The van der Waals surface area contributed by atoms with E-state index in [1.807, 2.05) is 25.1 Å². The van der Waals surface area contributed by atoms with E-state index in [2.05, 4.69) is 0 Å². The van der Waals surface area contributed by atoms with E-state index < -0.39 is 23.1 Å². The van der Waals surface area contributed by atoms with Crippen molar-refractivity contribution >= 4 is 5.91 Å². The lowest BCUT2D eigenvalue weighted by Gasteiger charge is -2.24. The molecule has 4 nitrogen and oxygen atoms in total. The second-order valence-electron chi connectivity index (χ2n) is 6.36. The van der Waals surface area contributed by atoms with Crippen molar-refractivity contribution in [2.75, 3.05) is 19.7 Å². The third-order valence-electron chi connectivity index (χ3n) is 4.39. The van der Waals surface area contributed by atoms with Crippen LogP contribution in [-0.2, 0) is 0 Å². The van der Waals surface area contributed by atoms with Gasteiger partial charge in [-0.25, -0.2) is 8.78 Å². The number of β-amino-alcohol motifs (C(OH)–C–C–N with tert-alkyl or cyclic N) is 1. The molecule has 3 rings (SSSR count). The van der Waals surface area contributed by atoms with Gasteiger partial charge in [0.15, 0.2) is 11.6 Å². The lowest BCUT2D eigenvalue weighted by atomic mass is 10.1. The largest absolute Gasteiger partial charge is 0.490 e. The second kappa shape index (κ2) is 6.80. The Labute approximate surface area is 144 Å². The number of aliphatic hydroxyl groups is 1. The van der Waals surface area contributed by atoms with Crippen molar-refractivity contribution in [3.63, 3.8) is 0 Å². The lowest BCUT2D eigenvalue weighted by Crippen LogP contribution is -2.41. The van der Waals surface area contributed by atoms with Gasteiger partial charge in [-0.3, -0.25) is 4.79 Å². The molecule has 0 spiro atoms. The number of aryl methyl sites for hydroxylation is 1. The Morgan fingerprint density at radius 2 is 2.00 bits per heavy atom. The first kappa shape index (κ1) is 17.4. The topological polar surface area (TPSA) is 49.8 Å². The molecule has 0 unspecified atom stereocenters. The highest BCUT2D eigenvalue weighted by molar-refractivity contribution is 5.94. The van der Waals surface area contributed by atoms with Crippen LogP contribution in [0.15, 0.2) is 42.5 Å². The first-order valence-corrected chi connectivity index (χ1v) is 8.04. The Balaban J connectivity index is 1.67. The van der Waals surface area contributed by atoms with Gasteiger partial charge in [-0.15, -0.1) is 0 Å². The van der Waals surface area contributed by atoms with Crippen molar-refractivity contribution in [3.8, 4) is 5.75 Å². The summed E-state index contributed by atoms with van der Waals surface area (Å²) in [5.74, 6) is -2.21. The van der Waals surface area contributed by atoms with Crippen LogP contribution in [0.4, 0.5) is 8.78 Å². The van der Waals surface area contributed by atoms with Crippen molar-refractivity contribution in [2.45, 2.75) is 18.9 Å². The van der Waals surface area contributed by atoms with Gasteiger partial charge < -0.3 is 14.7 Å². The monoisotopic (exact) mass is 347 g/mol. The van der Waals surface area contributed by atoms with E-state index in [9.17, 15) is 18.7 Å². The summed E-state index contributed by atoms with van der Waals surface area (Å²) in [7, 11) is 0. The Morgan fingerprint density at radius 1 is 1.24 bits per heavy atom. The molecule has 2 aromatic carbocycles. The SMILES string of the molecule is Cc1ccccc1OC[C@@]1(O)CCN(C(=O)c2cccc(F)c2F)C1. The maximum Gasteiger partial charge on any atom is 0.257 e. The molecule has 1 saturated heterocycles. The molecular formula is C19H19F2NO3. The van der Waals surface area contributed by atoms with Gasteiger partial charge >= 0.3 is 0 Å². The minimum absolute atomic E-state index is 0.00761. The Kier molecular flexibility index (Phi) is 4.72. The fourth-order valence-electron chi connectivity index (χ4n) is 2.92. The molecular weight excluding hydrogens is 328 g/mol. The third-order valence-corrected chi connectivity index (χ3v) is 4.39. The maximum atomic E-state index is 13.8. The van der Waals surface area contributed by atoms with Crippen LogP contribution in [0.1, 0.15) is 22.3 Å². The molecule has 0 bridgehead atoms. The van der Waals surface area contributed by atoms with Crippen LogP contribution in [0.5, 0.6) is 5.75 Å². The Bertz CT molecular complexity index is 796. The predicted octanol–water partition coefficient (Wildman–Crippen LogP) is 2.93. The minimum atomic E-state index is -1.22. The van der Waals surface area contributed by atoms with E-state index in [0.29, 0.717) is 12.2 Å². The van der Waals surface area contributed by atoms with Gasteiger partial charge in [0.25, 0.3) is 5.91 Å². The average molecular weight is 347 g/mol. The number of carbonyl (C=O) groups excluding carboxylic acids is 1. The van der Waals surface area contributed by atoms with E-state index in [1.165, 1.54) is 17.0 Å². The van der Waals surface area contributed by atoms with E-state index in [1.54, 1.807) is 6.07 Å². The molecule has 1 aliphatic rings. The fourth-order valence-corrected chi connectivity index (χ4v) is 2.92. The zero-order valence-electron chi connectivity index (χ0n) is 13.8. The highest BCUT2D eigenvalue weighted by Gasteiger charge is 2.40. The summed E-state index contributed by atoms with van der Waals surface area (Å²) in [6, 6.07) is 10.9. The third kappa shape index (κ3) is 3.64. The van der Waals surface area contributed by atoms with Crippen molar-refractivity contribution in [3.05, 3.63) is 65.2 Å². The van der Waals surface area contributed by atoms with Gasteiger partial charge in [0.2, 0.25) is 0 Å². The average Bonchev–Trinajstić information content (AvgIpc) is 2.99. The van der Waals surface area contributed by atoms with Crippen LogP contribution in [0.2, 0.25) is 0 Å². The van der Waals surface area contributed by atoms with Gasteiger partial charge in [0, 0.05) is 6.54 Å². The predicted molar refractivity (Wildman–Crippen MR) is 88.5 cm³/mol. The molecule has 25 heavy (non-hydrogen) atoms. The number of likely N-dealkylation sites (tertiary alicyclic amines) is 1. The molecule has 0 aliphatic carbocycles. The van der Waals surface area contributed by atoms with Crippen LogP contribution in [0.25, 0.3) is 0 Å². The van der Waals surface area contributed by atoms with Gasteiger partial charge in [-0.2, -0.15) is 0 Å². The number of hydrogen-bond acceptors (Lipinski definition) is 3. The van der Waals surface area contributed by atoms with Gasteiger partial charge in [0.1, 0.15) is 18.0 Å². The first-order chi connectivity index (χ1) is 11.9. The number of rotatable bonds is 4. The molecule has 0 radical (unpaired) electrons. The normalized spacial score (nSPS) is 19.9. The van der Waals surface area contributed by atoms with Gasteiger partial charge in [-0.1, -0.05) is 24.3 Å². The molecule has 1 amide bonds. The van der Waals surface area contributed by atoms with Crippen LogP contribution in [0, 0.1) is 18.6 Å². The van der Waals surface area contributed by atoms with Crippen molar-refractivity contribution in [1.29, 1.82) is 0 Å². The zero-order chi connectivity index (χ0) is 18.0. The summed E-state index contributed by atoms with van der Waals surface area (Å²) in [5, 5.41) is 10.6. The highest BCUT2D eigenvalue weighted by atomic mass is 19.2. The van der Waals surface area contributed by atoms with Crippen molar-refractivity contribution in [2.24, 2.45) is 0 Å². The molecule has 6 heteroatoms. The number of ether oxygens (including phenoxy) is 1. The summed E-state index contributed by atoms with van der Waals surface area (Å²) >= 11 is 0. The molecule has 0 saturated carbocycles. The number of benzene rings is 2. The van der Waals surface area contributed by atoms with Crippen LogP contribution in [-0.4, -0.2) is 41.2 Å². The standard InChI is InChI=1S/C19H19F2NO3/c1-13-5-2-3-8-16(13)25-12-19(24)9-10-22(11-19)18(23)14-6-4-7-15(20)17(14)21/h2-8,24H,9-12H2,1H3/t19-/m1/s1. The number of carbonyl (C=O) groups is 1. The van der Waals surface area contributed by atoms with Crippen molar-refractivity contribution in [1.82, 2.24) is 4.90 Å². The maximum absolute atomic E-state index is 13.8. The first-order valence-electron chi connectivity index (χ1n) is 8.04. The lowest BCUT2D eigenvalue weighted by molar-refractivity contribution is 0.00407. The Hall–Kier alpha value is -2.47. The molecule has 0 aromatic heterocycles. The van der Waals surface area contributed by atoms with E-state index in [0.717, 1.165) is 11.6 Å². The van der Waals surface area contributed by atoms with Gasteiger partial charge in [0.05, 0.1) is 12.1 Å². The van der Waals surface area contributed by atoms with E-state index in [4.69, 9.17) is 4.74 Å². The minimum Gasteiger partial charge on any atom is -0.490 e. The molecule has 1 aliphatic heterocycles. The molecule has 1 fully saturated rings. The number of nitrogens with zero attached hydrogens (tertiary/aromatic N) is 1. The quantitative estimate of drug-likeness (QED) is 0.925. The van der Waals surface area contributed by atoms with Crippen LogP contribution in [0.3, 0.4) is 0 Å². The summed E-state index contributed by atoms with van der Waals surface area (Å²) < 4.78 is 32.8. The van der Waals surface area contributed by atoms with Crippen LogP contribution < -0.4 is 4.74 Å². The molecule has 1 N–H and O–H groups in total. The summed E-state index contributed by atoms with van der Waals surface area (Å²) in [6.07, 6.45) is 0.307. The molecule has 132 valence electrons. The zero-order valence-corrected chi connectivity index (χ0v) is 13.8. The summed E-state index contributed by atoms with van der Waals surface area (Å²) in [4.78, 5) is 13.7. The smallest absolute Gasteiger partial charge is 0.257 e. The highest BCUT2D eigenvalue weighted by Crippen LogP contribution is 2.26. The van der Waals surface area contributed by atoms with Gasteiger partial charge in [-0.05, 0) is 37.1 Å². The summed E-state index contributed by atoms with van der Waals surface area (Å²) in [6.45, 7) is 2.18. The van der Waals surface area contributed by atoms with E-state index >= 15 is 0 Å². The number of para-hydroxylation sites is 1. The fraction of sp³-hybridized carbons (Fsp3) is 0.316. The Morgan fingerprint density at radius 3 is 2.76 bits per heavy atom. The summed E-state index contributed by atoms with van der Waals surface area (Å²) in [5.41, 5.74) is -0.607. The van der Waals surface area contributed by atoms with Crippen LogP contribution >= 0.6 is 0 Å². The number of halogens is 2. The number of hydrogen-bond donors (Lipinski definition) is 1. The second-order valence-corrected chi connectivity index (χ2v) is 6.36. The van der Waals surface area contributed by atoms with Crippen molar-refractivity contribution < 1.29 is 23.4 Å². The van der Waals surface area contributed by atoms with E-state index in [-0.39, 0.29) is 25.3 Å². The molecule has 1 heterocycles. The number of amides is 1. The molecule has 2 aromatic rings.